The Labute approximate surface area is 176 Å². The maximum Gasteiger partial charge on any atom is 0.319 e. The van der Waals surface area contributed by atoms with Gasteiger partial charge in [-0.05, 0) is 30.2 Å². The van der Waals surface area contributed by atoms with E-state index in [1.54, 1.807) is 25.1 Å². The number of ether oxygens (including phenoxy) is 1. The molecule has 0 aromatic heterocycles. The van der Waals surface area contributed by atoms with Crippen LogP contribution in [-0.4, -0.2) is 25.1 Å². The van der Waals surface area contributed by atoms with Crippen molar-refractivity contribution >= 4 is 17.6 Å². The van der Waals surface area contributed by atoms with E-state index in [1.165, 1.54) is 7.11 Å². The zero-order valence-electron chi connectivity index (χ0n) is 17.0. The van der Waals surface area contributed by atoms with Crippen LogP contribution < -0.4 is 20.7 Å². The van der Waals surface area contributed by atoms with Gasteiger partial charge in [-0.25, -0.2) is 4.79 Å². The fourth-order valence-corrected chi connectivity index (χ4v) is 3.09. The van der Waals surface area contributed by atoms with Crippen LogP contribution in [0.2, 0.25) is 0 Å². The average Bonchev–Trinajstić information content (AvgIpc) is 2.78. The summed E-state index contributed by atoms with van der Waals surface area (Å²) >= 11 is 0. The molecule has 0 fully saturated rings. The van der Waals surface area contributed by atoms with Crippen molar-refractivity contribution in [2.45, 2.75) is 19.0 Å². The van der Waals surface area contributed by atoms with Crippen LogP contribution in [0, 0.1) is 0 Å². The lowest BCUT2D eigenvalue weighted by molar-refractivity contribution is -0.123. The number of hydrogen-bond acceptors (Lipinski definition) is 3. The quantitative estimate of drug-likeness (QED) is 0.555. The molecule has 0 aliphatic rings. The van der Waals surface area contributed by atoms with Crippen LogP contribution in [-0.2, 0) is 4.79 Å². The number of urea groups is 1. The smallest absolute Gasteiger partial charge is 0.319 e. The summed E-state index contributed by atoms with van der Waals surface area (Å²) in [5.74, 6) is 0.251. The number of carbonyl (C=O) groups is 2. The normalized spacial score (nSPS) is 11.4. The lowest BCUT2D eigenvalue weighted by Crippen LogP contribution is -2.47. The largest absolute Gasteiger partial charge is 0.495 e. The summed E-state index contributed by atoms with van der Waals surface area (Å²) in [4.78, 5) is 25.2. The summed E-state index contributed by atoms with van der Waals surface area (Å²) in [7, 11) is 1.53. The van der Waals surface area contributed by atoms with Gasteiger partial charge in [0.05, 0.1) is 18.8 Å². The van der Waals surface area contributed by atoms with Gasteiger partial charge in [0.15, 0.2) is 0 Å². The van der Waals surface area contributed by atoms with Crippen molar-refractivity contribution in [2.24, 2.45) is 0 Å². The topological polar surface area (TPSA) is 79.5 Å². The van der Waals surface area contributed by atoms with Gasteiger partial charge in [-0.2, -0.15) is 0 Å². The first-order valence-electron chi connectivity index (χ1n) is 9.69. The third-order valence-electron chi connectivity index (χ3n) is 4.65. The first kappa shape index (κ1) is 20.9. The molecule has 0 saturated heterocycles. The highest BCUT2D eigenvalue weighted by atomic mass is 16.5. The molecule has 0 heterocycles. The molecule has 3 amide bonds. The number of anilines is 1. The molecular weight excluding hydrogens is 378 g/mol. The van der Waals surface area contributed by atoms with Crippen molar-refractivity contribution in [1.29, 1.82) is 0 Å². The van der Waals surface area contributed by atoms with Gasteiger partial charge < -0.3 is 20.7 Å². The lowest BCUT2D eigenvalue weighted by Gasteiger charge is -2.23. The summed E-state index contributed by atoms with van der Waals surface area (Å²) in [6.07, 6.45) is 0. The minimum absolute atomic E-state index is 0.289. The van der Waals surface area contributed by atoms with Crippen molar-refractivity contribution < 1.29 is 14.3 Å². The molecule has 0 radical (unpaired) electrons. The van der Waals surface area contributed by atoms with Gasteiger partial charge in [-0.1, -0.05) is 72.8 Å². The predicted molar refractivity (Wildman–Crippen MR) is 117 cm³/mol. The van der Waals surface area contributed by atoms with E-state index in [-0.39, 0.29) is 11.9 Å². The van der Waals surface area contributed by atoms with E-state index < -0.39 is 12.1 Å². The molecule has 30 heavy (non-hydrogen) atoms. The van der Waals surface area contributed by atoms with Crippen molar-refractivity contribution in [3.05, 3.63) is 96.1 Å². The second kappa shape index (κ2) is 10.1. The molecule has 3 N–H and O–H groups in total. The van der Waals surface area contributed by atoms with Crippen molar-refractivity contribution in [1.82, 2.24) is 10.6 Å². The Morgan fingerprint density at radius 1 is 0.767 bits per heavy atom. The van der Waals surface area contributed by atoms with E-state index in [9.17, 15) is 9.59 Å². The minimum Gasteiger partial charge on any atom is -0.495 e. The van der Waals surface area contributed by atoms with E-state index >= 15 is 0 Å². The summed E-state index contributed by atoms with van der Waals surface area (Å²) in [6.45, 7) is 1.64. The molecule has 0 saturated carbocycles. The molecule has 6 heteroatoms. The average molecular weight is 403 g/mol. The first-order chi connectivity index (χ1) is 14.6. The van der Waals surface area contributed by atoms with Crippen molar-refractivity contribution in [2.75, 3.05) is 12.4 Å². The molecule has 154 valence electrons. The van der Waals surface area contributed by atoms with Crippen LogP contribution in [0.1, 0.15) is 24.1 Å². The third kappa shape index (κ3) is 5.38. The molecule has 0 aliphatic heterocycles. The number of methoxy groups -OCH3 is 1. The van der Waals surface area contributed by atoms with E-state index in [4.69, 9.17) is 4.74 Å². The maximum absolute atomic E-state index is 12.8. The van der Waals surface area contributed by atoms with Gasteiger partial charge in [-0.3, -0.25) is 4.79 Å². The summed E-state index contributed by atoms with van der Waals surface area (Å²) in [6, 6.07) is 25.0. The Bertz CT molecular complexity index is 938. The van der Waals surface area contributed by atoms with Gasteiger partial charge in [0.2, 0.25) is 5.91 Å². The number of amides is 3. The SMILES string of the molecule is COc1ccccc1NC(=O)NC(C)C(=O)NC(c1ccccc1)c1ccccc1. The van der Waals surface area contributed by atoms with Crippen LogP contribution in [0.5, 0.6) is 5.75 Å². The number of para-hydroxylation sites is 2. The second-order valence-electron chi connectivity index (χ2n) is 6.78. The molecule has 6 nitrogen and oxygen atoms in total. The molecule has 1 atom stereocenters. The van der Waals surface area contributed by atoms with Crippen molar-refractivity contribution in [3.8, 4) is 5.75 Å². The number of hydrogen-bond donors (Lipinski definition) is 3. The highest BCUT2D eigenvalue weighted by molar-refractivity contribution is 5.94. The monoisotopic (exact) mass is 403 g/mol. The Kier molecular flexibility index (Phi) is 7.05. The number of nitrogens with one attached hydrogen (secondary N) is 3. The van der Waals surface area contributed by atoms with Gasteiger partial charge >= 0.3 is 6.03 Å². The first-order valence-corrected chi connectivity index (χ1v) is 9.69. The predicted octanol–water partition coefficient (Wildman–Crippen LogP) is 4.11. The van der Waals surface area contributed by atoms with Gasteiger partial charge in [0.25, 0.3) is 0 Å². The van der Waals surface area contributed by atoms with Crippen molar-refractivity contribution in [3.63, 3.8) is 0 Å². The Balaban J connectivity index is 1.67. The number of carbonyl (C=O) groups excluding carboxylic acids is 2. The Hall–Kier alpha value is -3.80. The van der Waals surface area contributed by atoms with Crippen LogP contribution in [0.3, 0.4) is 0 Å². The maximum atomic E-state index is 12.8. The minimum atomic E-state index is -0.741. The molecule has 0 aliphatic carbocycles. The van der Waals surface area contributed by atoms with E-state index in [0.29, 0.717) is 11.4 Å². The second-order valence-corrected chi connectivity index (χ2v) is 6.78. The summed E-state index contributed by atoms with van der Waals surface area (Å²) < 4.78 is 5.23. The van der Waals surface area contributed by atoms with E-state index in [0.717, 1.165) is 11.1 Å². The van der Waals surface area contributed by atoms with Gasteiger partial charge in [-0.15, -0.1) is 0 Å². The Morgan fingerprint density at radius 2 is 1.30 bits per heavy atom. The van der Waals surface area contributed by atoms with Crippen LogP contribution in [0.25, 0.3) is 0 Å². The van der Waals surface area contributed by atoms with Gasteiger partial charge in [0.1, 0.15) is 11.8 Å². The Morgan fingerprint density at radius 3 is 1.87 bits per heavy atom. The molecule has 3 aromatic carbocycles. The van der Waals surface area contributed by atoms with Crippen LogP contribution in [0.15, 0.2) is 84.9 Å². The fourth-order valence-electron chi connectivity index (χ4n) is 3.09. The molecule has 3 rings (SSSR count). The standard InChI is InChI=1S/C24H25N3O3/c1-17(25-24(29)26-20-15-9-10-16-21(20)30-2)23(28)27-22(18-11-5-3-6-12-18)19-13-7-4-8-14-19/h3-17,22H,1-2H3,(H,27,28)(H2,25,26,29). The number of rotatable bonds is 7. The summed E-state index contributed by atoms with van der Waals surface area (Å²) in [5, 5.41) is 8.41. The zero-order valence-corrected chi connectivity index (χ0v) is 17.0. The highest BCUT2D eigenvalue weighted by Crippen LogP contribution is 2.23. The van der Waals surface area contributed by atoms with E-state index in [2.05, 4.69) is 16.0 Å². The highest BCUT2D eigenvalue weighted by Gasteiger charge is 2.22. The lowest BCUT2D eigenvalue weighted by atomic mass is 9.98. The van der Waals surface area contributed by atoms with Crippen LogP contribution >= 0.6 is 0 Å². The molecule has 1 unspecified atom stereocenters. The van der Waals surface area contributed by atoms with E-state index in [1.807, 2.05) is 66.7 Å². The zero-order chi connectivity index (χ0) is 21.3. The van der Waals surface area contributed by atoms with Crippen LogP contribution in [0.4, 0.5) is 10.5 Å². The molecular formula is C24H25N3O3. The third-order valence-corrected chi connectivity index (χ3v) is 4.65. The summed E-state index contributed by atoms with van der Waals surface area (Å²) in [5.41, 5.74) is 2.45. The molecule has 3 aromatic rings. The molecule has 0 bridgehead atoms. The van der Waals surface area contributed by atoms with Gasteiger partial charge in [0, 0.05) is 0 Å². The number of benzene rings is 3. The fraction of sp³-hybridized carbons (Fsp3) is 0.167. The molecule has 0 spiro atoms.